The van der Waals surface area contributed by atoms with Gasteiger partial charge in [0.25, 0.3) is 0 Å². The van der Waals surface area contributed by atoms with Crippen molar-refractivity contribution in [2.75, 3.05) is 0 Å². The van der Waals surface area contributed by atoms with Crippen LogP contribution in [0.3, 0.4) is 0 Å². The molecule has 0 aromatic carbocycles. The van der Waals surface area contributed by atoms with Gasteiger partial charge in [-0.3, -0.25) is 0 Å². The van der Waals surface area contributed by atoms with E-state index in [0.29, 0.717) is 0 Å². The normalized spacial score (nSPS) is 27.8. The van der Waals surface area contributed by atoms with Gasteiger partial charge in [0.2, 0.25) is 0 Å². The number of esters is 1. The van der Waals surface area contributed by atoms with Crippen LogP contribution in [0, 0.1) is 0 Å². The van der Waals surface area contributed by atoms with Crippen molar-refractivity contribution in [3.8, 4) is 0 Å². The Labute approximate surface area is 251 Å². The molecule has 0 bridgehead atoms. The Morgan fingerprint density at radius 3 is 1.56 bits per heavy atom. The van der Waals surface area contributed by atoms with Crippen molar-refractivity contribution in [1.29, 1.82) is 0 Å². The Hall–Kier alpha value is -0.950. The first-order valence-electron chi connectivity index (χ1n) is 17.6. The lowest BCUT2D eigenvalue weighted by atomic mass is 10.0. The number of hydrogen-bond acceptors (Lipinski definition) is 6. The summed E-state index contributed by atoms with van der Waals surface area (Å²) < 4.78 is 17.7. The third-order valence-electron chi connectivity index (χ3n) is 9.48. The van der Waals surface area contributed by atoms with Gasteiger partial charge in [-0.2, -0.15) is 0 Å². The molecular weight excluding hydrogens is 516 g/mol. The van der Waals surface area contributed by atoms with Gasteiger partial charge >= 0.3 is 5.97 Å². The van der Waals surface area contributed by atoms with Gasteiger partial charge in [-0.15, -0.1) is 0 Å². The molecule has 7 atom stereocenters. The zero-order valence-corrected chi connectivity index (χ0v) is 26.4. The molecule has 0 aliphatic carbocycles. The minimum Gasteiger partial charge on any atom is -0.455 e. The van der Waals surface area contributed by atoms with E-state index in [1.807, 2.05) is 13.0 Å². The molecular formula is C35H62O6. The van der Waals surface area contributed by atoms with Gasteiger partial charge in [0.1, 0.15) is 6.10 Å². The number of cyclic esters (lactones) is 1. The Morgan fingerprint density at radius 2 is 1.12 bits per heavy atom. The number of ether oxygens (including phenoxy) is 3. The number of carbonyl (C=O) groups is 1. The van der Waals surface area contributed by atoms with Crippen LogP contribution >= 0.6 is 0 Å². The quantitative estimate of drug-likeness (QED) is 0.0941. The van der Waals surface area contributed by atoms with E-state index in [2.05, 4.69) is 6.92 Å². The second kappa shape index (κ2) is 20.1. The molecule has 2 fully saturated rings. The highest BCUT2D eigenvalue weighted by molar-refractivity contribution is 5.90. The monoisotopic (exact) mass is 578 g/mol. The highest BCUT2D eigenvalue weighted by Crippen LogP contribution is 2.34. The van der Waals surface area contributed by atoms with Crippen LogP contribution in [0.25, 0.3) is 0 Å². The van der Waals surface area contributed by atoms with Crippen molar-refractivity contribution < 1.29 is 29.2 Å². The molecule has 6 nitrogen and oxygen atoms in total. The molecule has 238 valence electrons. The molecule has 2 N–H and O–H groups in total. The van der Waals surface area contributed by atoms with Crippen LogP contribution in [0.5, 0.6) is 0 Å². The second-order valence-electron chi connectivity index (χ2n) is 13.1. The van der Waals surface area contributed by atoms with Crippen LogP contribution in [0.1, 0.15) is 162 Å². The fourth-order valence-electron chi connectivity index (χ4n) is 6.90. The summed E-state index contributed by atoms with van der Waals surface area (Å²) >= 11 is 0. The predicted molar refractivity (Wildman–Crippen MR) is 165 cm³/mol. The van der Waals surface area contributed by atoms with Crippen LogP contribution in [-0.2, 0) is 19.0 Å². The van der Waals surface area contributed by atoms with E-state index in [0.717, 1.165) is 76.2 Å². The highest BCUT2D eigenvalue weighted by Gasteiger charge is 2.40. The summed E-state index contributed by atoms with van der Waals surface area (Å²) in [7, 11) is 0. The van der Waals surface area contributed by atoms with Gasteiger partial charge in [0.15, 0.2) is 0 Å². The molecule has 3 aliphatic heterocycles. The smallest absolute Gasteiger partial charge is 0.334 e. The third kappa shape index (κ3) is 13.1. The van der Waals surface area contributed by atoms with Crippen molar-refractivity contribution in [1.82, 2.24) is 0 Å². The largest absolute Gasteiger partial charge is 0.455 e. The summed E-state index contributed by atoms with van der Waals surface area (Å²) in [5, 5.41) is 21.4. The number of unbranched alkanes of at least 4 members (excludes halogenated alkanes) is 14. The predicted octanol–water partition coefficient (Wildman–Crippen LogP) is 8.11. The van der Waals surface area contributed by atoms with Crippen LogP contribution in [-0.4, -0.2) is 58.9 Å². The van der Waals surface area contributed by atoms with E-state index in [-0.39, 0.29) is 48.7 Å². The molecule has 0 spiro atoms. The fraction of sp³-hybridized carbons (Fsp3) is 0.914. The van der Waals surface area contributed by atoms with Gasteiger partial charge in [0, 0.05) is 5.57 Å². The SMILES string of the molecule is CCCCCCCCCC[C@@H](O)[C@@H]1CC[C@@H]([C@@H]2CC[C@H]([C@H](O)CCCCCCCCCCC3=C[C@H](C)OC3=O)O2)O1. The minimum absolute atomic E-state index is 0.0514. The molecule has 2 saturated heterocycles. The summed E-state index contributed by atoms with van der Waals surface area (Å²) in [5.41, 5.74) is 0.858. The maximum atomic E-state index is 11.6. The average molecular weight is 579 g/mol. The number of aliphatic hydroxyl groups excluding tert-OH is 2. The fourth-order valence-corrected chi connectivity index (χ4v) is 6.90. The lowest BCUT2D eigenvalue weighted by Crippen LogP contribution is -2.33. The van der Waals surface area contributed by atoms with Gasteiger partial charge in [-0.1, -0.05) is 103 Å². The van der Waals surface area contributed by atoms with E-state index in [4.69, 9.17) is 14.2 Å². The Morgan fingerprint density at radius 1 is 0.683 bits per heavy atom. The second-order valence-corrected chi connectivity index (χ2v) is 13.1. The third-order valence-corrected chi connectivity index (χ3v) is 9.48. The van der Waals surface area contributed by atoms with Gasteiger partial charge < -0.3 is 24.4 Å². The van der Waals surface area contributed by atoms with E-state index in [1.165, 1.54) is 77.0 Å². The Kier molecular flexibility index (Phi) is 16.9. The lowest BCUT2D eigenvalue weighted by Gasteiger charge is -2.24. The van der Waals surface area contributed by atoms with Gasteiger partial charge in [-0.05, 0) is 64.4 Å². The summed E-state index contributed by atoms with van der Waals surface area (Å²) in [5.74, 6) is -0.127. The van der Waals surface area contributed by atoms with Crippen LogP contribution in [0.15, 0.2) is 11.6 Å². The van der Waals surface area contributed by atoms with Gasteiger partial charge in [-0.25, -0.2) is 4.79 Å². The minimum atomic E-state index is -0.385. The molecule has 3 rings (SSSR count). The average Bonchev–Trinajstić information content (AvgIpc) is 3.71. The standard InChI is InChI=1S/C35H62O6/c1-3-4-5-6-7-11-14-17-20-29(36)31-22-24-33(40-31)34-25-23-32(41-34)30(37)21-18-15-12-9-8-10-13-16-19-28-26-27(2)39-35(28)38/h26-27,29-34,36-37H,3-25H2,1-2H3/t27-,29+,30+,31-,32+,33-,34-/m0/s1. The van der Waals surface area contributed by atoms with E-state index < -0.39 is 0 Å². The number of carbonyl (C=O) groups excluding carboxylic acids is 1. The van der Waals surface area contributed by atoms with Crippen LogP contribution < -0.4 is 0 Å². The Bertz CT molecular complexity index is 738. The number of rotatable bonds is 23. The van der Waals surface area contributed by atoms with E-state index >= 15 is 0 Å². The molecule has 0 aromatic heterocycles. The summed E-state index contributed by atoms with van der Waals surface area (Å²) in [6.45, 7) is 4.17. The number of aliphatic hydroxyl groups is 2. The summed E-state index contributed by atoms with van der Waals surface area (Å²) in [6.07, 6.45) is 27.0. The summed E-state index contributed by atoms with van der Waals surface area (Å²) in [6, 6.07) is 0. The molecule has 0 saturated carbocycles. The molecule has 3 aliphatic rings. The highest BCUT2D eigenvalue weighted by atomic mass is 16.6. The molecule has 6 heteroatoms. The van der Waals surface area contributed by atoms with E-state index in [1.54, 1.807) is 0 Å². The zero-order chi connectivity index (χ0) is 29.3. The van der Waals surface area contributed by atoms with Crippen molar-refractivity contribution in [2.45, 2.75) is 204 Å². The summed E-state index contributed by atoms with van der Waals surface area (Å²) in [4.78, 5) is 11.6. The Balaban J connectivity index is 1.14. The first-order chi connectivity index (χ1) is 20.0. The topological polar surface area (TPSA) is 85.2 Å². The zero-order valence-electron chi connectivity index (χ0n) is 26.4. The molecule has 0 unspecified atom stereocenters. The molecule has 41 heavy (non-hydrogen) atoms. The van der Waals surface area contributed by atoms with Crippen molar-refractivity contribution in [2.24, 2.45) is 0 Å². The van der Waals surface area contributed by atoms with Crippen molar-refractivity contribution >= 4 is 5.97 Å². The number of hydrogen-bond donors (Lipinski definition) is 2. The van der Waals surface area contributed by atoms with E-state index in [9.17, 15) is 15.0 Å². The first kappa shape index (κ1) is 34.5. The lowest BCUT2D eigenvalue weighted by molar-refractivity contribution is -0.139. The van der Waals surface area contributed by atoms with Crippen LogP contribution in [0.2, 0.25) is 0 Å². The maximum Gasteiger partial charge on any atom is 0.334 e. The molecule has 0 amide bonds. The molecule has 0 radical (unpaired) electrons. The van der Waals surface area contributed by atoms with Crippen LogP contribution in [0.4, 0.5) is 0 Å². The molecule has 0 aromatic rings. The van der Waals surface area contributed by atoms with Crippen molar-refractivity contribution in [3.05, 3.63) is 11.6 Å². The maximum absolute atomic E-state index is 11.6. The van der Waals surface area contributed by atoms with Crippen molar-refractivity contribution in [3.63, 3.8) is 0 Å². The molecule has 3 heterocycles. The first-order valence-corrected chi connectivity index (χ1v) is 17.6. The van der Waals surface area contributed by atoms with Gasteiger partial charge in [0.05, 0.1) is 36.6 Å².